The predicted octanol–water partition coefficient (Wildman–Crippen LogP) is 1.71. The van der Waals surface area contributed by atoms with Gasteiger partial charge in [-0.3, -0.25) is 4.79 Å². The molecule has 1 saturated heterocycles. The standard InChI is InChI=1S/C15H22N2O4/c1-9-12(10(2)16-13(9)15(20)21)14(19)17-7-4-3-5-11(17)6-8-18/h11,16,18H,3-8H2,1-2H3,(H,20,21). The van der Waals surface area contributed by atoms with Crippen molar-refractivity contribution in [1.82, 2.24) is 9.88 Å². The number of aliphatic hydroxyl groups excluding tert-OH is 1. The van der Waals surface area contributed by atoms with Crippen molar-refractivity contribution in [3.63, 3.8) is 0 Å². The van der Waals surface area contributed by atoms with Crippen LogP contribution in [0, 0.1) is 13.8 Å². The lowest BCUT2D eigenvalue weighted by molar-refractivity contribution is 0.0573. The van der Waals surface area contributed by atoms with E-state index in [-0.39, 0.29) is 24.2 Å². The van der Waals surface area contributed by atoms with Crippen molar-refractivity contribution in [2.45, 2.75) is 45.6 Å². The van der Waals surface area contributed by atoms with E-state index in [1.165, 1.54) is 0 Å². The average Bonchev–Trinajstić information content (AvgIpc) is 2.74. The summed E-state index contributed by atoms with van der Waals surface area (Å²) in [6.45, 7) is 4.10. The van der Waals surface area contributed by atoms with Crippen LogP contribution in [0.2, 0.25) is 0 Å². The van der Waals surface area contributed by atoms with Crippen molar-refractivity contribution in [3.8, 4) is 0 Å². The molecule has 1 atom stereocenters. The number of nitrogens with one attached hydrogen (secondary N) is 1. The van der Waals surface area contributed by atoms with Crippen LogP contribution in [-0.2, 0) is 0 Å². The van der Waals surface area contributed by atoms with Gasteiger partial charge in [0.15, 0.2) is 0 Å². The van der Waals surface area contributed by atoms with Gasteiger partial charge < -0.3 is 20.1 Å². The fourth-order valence-electron chi connectivity index (χ4n) is 3.15. The Morgan fingerprint density at radius 1 is 1.33 bits per heavy atom. The van der Waals surface area contributed by atoms with Crippen LogP contribution in [0.1, 0.15) is 57.8 Å². The van der Waals surface area contributed by atoms with Gasteiger partial charge >= 0.3 is 5.97 Å². The van der Waals surface area contributed by atoms with E-state index in [0.29, 0.717) is 29.8 Å². The van der Waals surface area contributed by atoms with E-state index >= 15 is 0 Å². The first kappa shape index (κ1) is 15.6. The lowest BCUT2D eigenvalue weighted by Gasteiger charge is -2.35. The maximum Gasteiger partial charge on any atom is 0.352 e. The van der Waals surface area contributed by atoms with Crippen molar-refractivity contribution in [2.75, 3.05) is 13.2 Å². The number of H-pyrrole nitrogens is 1. The third-order valence-corrected chi connectivity index (χ3v) is 4.22. The number of likely N-dealkylation sites (tertiary alicyclic amines) is 1. The van der Waals surface area contributed by atoms with Crippen LogP contribution < -0.4 is 0 Å². The number of aryl methyl sites for hydroxylation is 1. The predicted molar refractivity (Wildman–Crippen MR) is 77.6 cm³/mol. The maximum absolute atomic E-state index is 12.8. The Hall–Kier alpha value is -1.82. The third-order valence-electron chi connectivity index (χ3n) is 4.22. The number of carboxylic acid groups (broad SMARTS) is 1. The second kappa shape index (κ2) is 6.30. The molecule has 0 aliphatic carbocycles. The number of aromatic amines is 1. The molecule has 1 aromatic heterocycles. The topological polar surface area (TPSA) is 93.6 Å². The van der Waals surface area contributed by atoms with Gasteiger partial charge in [-0.2, -0.15) is 0 Å². The Morgan fingerprint density at radius 2 is 2.05 bits per heavy atom. The third kappa shape index (κ3) is 2.95. The van der Waals surface area contributed by atoms with Gasteiger partial charge in [0.1, 0.15) is 5.69 Å². The summed E-state index contributed by atoms with van der Waals surface area (Å²) in [4.78, 5) is 28.5. The molecule has 6 nitrogen and oxygen atoms in total. The number of amides is 1. The van der Waals surface area contributed by atoms with E-state index in [1.54, 1.807) is 18.7 Å². The molecule has 0 radical (unpaired) electrons. The van der Waals surface area contributed by atoms with Crippen LogP contribution >= 0.6 is 0 Å². The second-order valence-electron chi connectivity index (χ2n) is 5.59. The van der Waals surface area contributed by atoms with Gasteiger partial charge in [0, 0.05) is 24.9 Å². The number of carbonyl (C=O) groups is 2. The Morgan fingerprint density at radius 3 is 2.62 bits per heavy atom. The van der Waals surface area contributed by atoms with Gasteiger partial charge in [-0.15, -0.1) is 0 Å². The molecular weight excluding hydrogens is 272 g/mol. The highest BCUT2D eigenvalue weighted by Crippen LogP contribution is 2.25. The highest BCUT2D eigenvalue weighted by atomic mass is 16.4. The minimum atomic E-state index is -1.06. The molecule has 1 aliphatic rings. The monoisotopic (exact) mass is 294 g/mol. The lowest BCUT2D eigenvalue weighted by atomic mass is 9.97. The molecule has 1 unspecified atom stereocenters. The second-order valence-corrected chi connectivity index (χ2v) is 5.59. The number of aromatic carboxylic acids is 1. The normalized spacial score (nSPS) is 18.8. The zero-order valence-corrected chi connectivity index (χ0v) is 12.5. The minimum absolute atomic E-state index is 0.0400. The summed E-state index contributed by atoms with van der Waals surface area (Å²) in [5, 5.41) is 18.3. The molecule has 1 amide bonds. The first-order chi connectivity index (χ1) is 9.97. The summed E-state index contributed by atoms with van der Waals surface area (Å²) in [6, 6.07) is 0.0400. The summed E-state index contributed by atoms with van der Waals surface area (Å²) < 4.78 is 0. The highest BCUT2D eigenvalue weighted by Gasteiger charge is 2.31. The molecule has 1 aromatic rings. The molecule has 1 fully saturated rings. The Labute approximate surface area is 123 Å². The molecule has 3 N–H and O–H groups in total. The first-order valence-electron chi connectivity index (χ1n) is 7.31. The number of carbonyl (C=O) groups excluding carboxylic acids is 1. The summed E-state index contributed by atoms with van der Waals surface area (Å²) in [6.07, 6.45) is 3.46. The number of hydrogen-bond acceptors (Lipinski definition) is 3. The largest absolute Gasteiger partial charge is 0.477 e. The molecule has 21 heavy (non-hydrogen) atoms. The summed E-state index contributed by atoms with van der Waals surface area (Å²) in [5.74, 6) is -1.19. The van der Waals surface area contributed by atoms with Crippen LogP contribution in [0.25, 0.3) is 0 Å². The molecule has 2 rings (SSSR count). The number of aliphatic hydroxyl groups is 1. The highest BCUT2D eigenvalue weighted by molar-refractivity contribution is 6.01. The maximum atomic E-state index is 12.8. The Balaban J connectivity index is 2.32. The van der Waals surface area contributed by atoms with E-state index in [0.717, 1.165) is 19.3 Å². The van der Waals surface area contributed by atoms with E-state index in [9.17, 15) is 9.59 Å². The van der Waals surface area contributed by atoms with Crippen molar-refractivity contribution in [3.05, 3.63) is 22.5 Å². The molecule has 1 aliphatic heterocycles. The molecule has 0 bridgehead atoms. The number of nitrogens with zero attached hydrogens (tertiary/aromatic N) is 1. The summed E-state index contributed by atoms with van der Waals surface area (Å²) in [5.41, 5.74) is 1.60. The van der Waals surface area contributed by atoms with Crippen molar-refractivity contribution < 1.29 is 19.8 Å². The Bertz CT molecular complexity index is 548. The number of hydrogen-bond donors (Lipinski definition) is 3. The molecule has 0 spiro atoms. The molecular formula is C15H22N2O4. The fourth-order valence-corrected chi connectivity index (χ4v) is 3.15. The molecule has 2 heterocycles. The molecule has 6 heteroatoms. The van der Waals surface area contributed by atoms with Gasteiger partial charge in [0.05, 0.1) is 5.56 Å². The van der Waals surface area contributed by atoms with E-state index in [1.807, 2.05) is 0 Å². The zero-order valence-electron chi connectivity index (χ0n) is 12.5. The van der Waals surface area contributed by atoms with E-state index < -0.39 is 5.97 Å². The number of piperidine rings is 1. The molecule has 0 aromatic carbocycles. The van der Waals surface area contributed by atoms with Gasteiger partial charge in [-0.05, 0) is 45.1 Å². The zero-order chi connectivity index (χ0) is 15.6. The van der Waals surface area contributed by atoms with Gasteiger partial charge in [0.2, 0.25) is 0 Å². The van der Waals surface area contributed by atoms with Gasteiger partial charge in [-0.1, -0.05) is 0 Å². The van der Waals surface area contributed by atoms with Crippen LogP contribution in [0.4, 0.5) is 0 Å². The fraction of sp³-hybridized carbons (Fsp3) is 0.600. The van der Waals surface area contributed by atoms with Crippen LogP contribution in [0.3, 0.4) is 0 Å². The van der Waals surface area contributed by atoms with Crippen molar-refractivity contribution in [2.24, 2.45) is 0 Å². The SMILES string of the molecule is Cc1[nH]c(C(=O)O)c(C)c1C(=O)N1CCCCC1CCO. The first-order valence-corrected chi connectivity index (χ1v) is 7.31. The lowest BCUT2D eigenvalue weighted by Crippen LogP contribution is -2.44. The molecule has 0 saturated carbocycles. The van der Waals surface area contributed by atoms with E-state index in [2.05, 4.69) is 4.98 Å². The van der Waals surface area contributed by atoms with Crippen molar-refractivity contribution >= 4 is 11.9 Å². The van der Waals surface area contributed by atoms with Gasteiger partial charge in [0.25, 0.3) is 5.91 Å². The average molecular weight is 294 g/mol. The number of rotatable bonds is 4. The minimum Gasteiger partial charge on any atom is -0.477 e. The van der Waals surface area contributed by atoms with Crippen molar-refractivity contribution in [1.29, 1.82) is 0 Å². The number of aromatic nitrogens is 1. The summed E-state index contributed by atoms with van der Waals surface area (Å²) >= 11 is 0. The summed E-state index contributed by atoms with van der Waals surface area (Å²) in [7, 11) is 0. The molecule has 116 valence electrons. The van der Waals surface area contributed by atoms with Crippen LogP contribution in [-0.4, -0.2) is 51.2 Å². The van der Waals surface area contributed by atoms with E-state index in [4.69, 9.17) is 10.2 Å². The smallest absolute Gasteiger partial charge is 0.352 e. The number of carboxylic acids is 1. The van der Waals surface area contributed by atoms with Crippen LogP contribution in [0.15, 0.2) is 0 Å². The Kier molecular flexibility index (Phi) is 4.67. The van der Waals surface area contributed by atoms with Crippen LogP contribution in [0.5, 0.6) is 0 Å². The quantitative estimate of drug-likeness (QED) is 0.788. The van der Waals surface area contributed by atoms with Gasteiger partial charge in [-0.25, -0.2) is 4.79 Å².